The van der Waals surface area contributed by atoms with Gasteiger partial charge in [-0.2, -0.15) is 5.26 Å². The summed E-state index contributed by atoms with van der Waals surface area (Å²) in [4.78, 5) is 9.25. The Morgan fingerprint density at radius 2 is 1.86 bits per heavy atom. The van der Waals surface area contributed by atoms with Crippen molar-refractivity contribution in [1.82, 2.24) is 0 Å². The second kappa shape index (κ2) is 17.4. The molecule has 0 radical (unpaired) electrons. The lowest BCUT2D eigenvalue weighted by atomic mass is 10.2. The standard InChI is InChI=1S/C12H16.C3H3N.C3H4O2/c1-2-3-4-6-9-12-10-7-5-8-11-12;1-2-3-4;1-2-3(4)5/h5-11H,2-4H2,1H3;2H,1H2;2H,1H2,(H,4,5). The lowest BCUT2D eigenvalue weighted by Crippen LogP contribution is -1.82. The van der Waals surface area contributed by atoms with Crippen molar-refractivity contribution in [1.29, 1.82) is 5.26 Å². The number of allylic oxidation sites excluding steroid dienone is 2. The highest BCUT2D eigenvalue weighted by Crippen LogP contribution is 2.03. The van der Waals surface area contributed by atoms with Crippen LogP contribution in [0.2, 0.25) is 0 Å². The number of unbranched alkanes of at least 4 members (excludes halogenated alkanes) is 2. The molecule has 0 aliphatic heterocycles. The average Bonchev–Trinajstić information content (AvgIpc) is 2.53. The third-order valence-electron chi connectivity index (χ3n) is 2.10. The minimum atomic E-state index is -0.981. The van der Waals surface area contributed by atoms with E-state index < -0.39 is 5.97 Å². The predicted octanol–water partition coefficient (Wildman–Crippen LogP) is 4.84. The normalized spacial score (nSPS) is 8.38. The van der Waals surface area contributed by atoms with Gasteiger partial charge in [0.1, 0.15) is 0 Å². The quantitative estimate of drug-likeness (QED) is 0.478. The van der Waals surface area contributed by atoms with Gasteiger partial charge in [0.05, 0.1) is 6.07 Å². The van der Waals surface area contributed by atoms with E-state index >= 15 is 0 Å². The van der Waals surface area contributed by atoms with Gasteiger partial charge < -0.3 is 5.11 Å². The Bertz CT molecular complexity index is 456. The maximum absolute atomic E-state index is 9.25. The minimum absolute atomic E-state index is 0.833. The van der Waals surface area contributed by atoms with Crippen LogP contribution in [0.4, 0.5) is 0 Å². The fourth-order valence-corrected chi connectivity index (χ4v) is 1.11. The number of hydrogen-bond acceptors (Lipinski definition) is 2. The molecule has 3 nitrogen and oxygen atoms in total. The topological polar surface area (TPSA) is 61.1 Å². The lowest BCUT2D eigenvalue weighted by molar-refractivity contribution is -0.131. The molecule has 1 aromatic carbocycles. The van der Waals surface area contributed by atoms with Crippen LogP contribution in [0.1, 0.15) is 31.7 Å². The second-order valence-corrected chi connectivity index (χ2v) is 3.83. The molecule has 21 heavy (non-hydrogen) atoms. The maximum Gasteiger partial charge on any atom is 0.327 e. The SMILES string of the molecule is C=CC#N.C=CC(=O)O.CCCCC=Cc1ccccc1. The Kier molecular flexibility index (Phi) is 17.2. The summed E-state index contributed by atoms with van der Waals surface area (Å²) in [6, 6.07) is 12.1. The van der Waals surface area contributed by atoms with Crippen LogP contribution in [0.25, 0.3) is 6.08 Å². The molecule has 0 aliphatic rings. The minimum Gasteiger partial charge on any atom is -0.478 e. The first-order valence-electron chi connectivity index (χ1n) is 6.69. The first kappa shape index (κ1) is 20.7. The molecular formula is C18H23NO2. The van der Waals surface area contributed by atoms with Crippen LogP contribution in [0.5, 0.6) is 0 Å². The Balaban J connectivity index is 0. The molecule has 1 rings (SSSR count). The monoisotopic (exact) mass is 285 g/mol. The van der Waals surface area contributed by atoms with Gasteiger partial charge in [-0.15, -0.1) is 0 Å². The molecule has 0 fully saturated rings. The van der Waals surface area contributed by atoms with E-state index in [1.807, 2.05) is 6.07 Å². The summed E-state index contributed by atoms with van der Waals surface area (Å²) >= 11 is 0. The molecule has 3 heteroatoms. The lowest BCUT2D eigenvalue weighted by Gasteiger charge is -1.91. The van der Waals surface area contributed by atoms with Gasteiger partial charge in [0.25, 0.3) is 0 Å². The summed E-state index contributed by atoms with van der Waals surface area (Å²) in [6.45, 7) is 8.30. The van der Waals surface area contributed by atoms with E-state index in [9.17, 15) is 4.79 Å². The Morgan fingerprint density at radius 3 is 2.24 bits per heavy atom. The smallest absolute Gasteiger partial charge is 0.327 e. The summed E-state index contributed by atoms with van der Waals surface area (Å²) < 4.78 is 0. The molecule has 0 heterocycles. The van der Waals surface area contributed by atoms with Crippen molar-refractivity contribution in [3.63, 3.8) is 0 Å². The molecule has 0 spiro atoms. The second-order valence-electron chi connectivity index (χ2n) is 3.83. The molecule has 1 aromatic rings. The molecule has 0 bridgehead atoms. The first-order valence-corrected chi connectivity index (χ1v) is 6.69. The molecule has 0 aromatic heterocycles. The Morgan fingerprint density at radius 1 is 1.33 bits per heavy atom. The van der Waals surface area contributed by atoms with Gasteiger partial charge in [-0.3, -0.25) is 0 Å². The van der Waals surface area contributed by atoms with Crippen molar-refractivity contribution in [2.45, 2.75) is 26.2 Å². The van der Waals surface area contributed by atoms with Crippen LogP contribution in [-0.4, -0.2) is 11.1 Å². The number of benzene rings is 1. The van der Waals surface area contributed by atoms with Crippen molar-refractivity contribution in [2.75, 3.05) is 0 Å². The number of nitrogens with zero attached hydrogens (tertiary/aromatic N) is 1. The molecule has 0 unspecified atom stereocenters. The highest BCUT2D eigenvalue weighted by molar-refractivity contribution is 5.78. The van der Waals surface area contributed by atoms with Crippen molar-refractivity contribution in [3.8, 4) is 6.07 Å². The zero-order valence-corrected chi connectivity index (χ0v) is 12.5. The Labute approximate surface area is 127 Å². The van der Waals surface area contributed by atoms with Crippen molar-refractivity contribution in [2.24, 2.45) is 0 Å². The van der Waals surface area contributed by atoms with Crippen LogP contribution in [0.3, 0.4) is 0 Å². The molecular weight excluding hydrogens is 262 g/mol. The molecule has 0 saturated carbocycles. The number of hydrogen-bond donors (Lipinski definition) is 1. The maximum atomic E-state index is 9.25. The van der Waals surface area contributed by atoms with Gasteiger partial charge in [0.15, 0.2) is 0 Å². The van der Waals surface area contributed by atoms with E-state index in [-0.39, 0.29) is 0 Å². The van der Waals surface area contributed by atoms with Gasteiger partial charge in [-0.05, 0) is 12.0 Å². The molecule has 0 atom stereocenters. The van der Waals surface area contributed by atoms with Crippen LogP contribution in [0.15, 0.2) is 61.7 Å². The first-order chi connectivity index (χ1) is 10.1. The molecule has 112 valence electrons. The number of carbonyl (C=O) groups is 1. The van der Waals surface area contributed by atoms with Crippen LogP contribution >= 0.6 is 0 Å². The van der Waals surface area contributed by atoms with E-state index in [1.165, 1.54) is 30.9 Å². The molecule has 0 amide bonds. The van der Waals surface area contributed by atoms with Gasteiger partial charge in [-0.1, -0.05) is 75.4 Å². The zero-order chi connectivity index (χ0) is 16.3. The summed E-state index contributed by atoms with van der Waals surface area (Å²) in [5, 5.41) is 15.1. The highest BCUT2D eigenvalue weighted by Gasteiger charge is 1.82. The third-order valence-corrected chi connectivity index (χ3v) is 2.10. The van der Waals surface area contributed by atoms with Gasteiger partial charge in [0.2, 0.25) is 0 Å². The number of nitriles is 1. The number of aliphatic carboxylic acids is 1. The molecule has 0 saturated heterocycles. The number of carboxylic acid groups (broad SMARTS) is 1. The third kappa shape index (κ3) is 19.9. The Hall–Kier alpha value is -2.60. The van der Waals surface area contributed by atoms with E-state index in [4.69, 9.17) is 10.4 Å². The van der Waals surface area contributed by atoms with Crippen LogP contribution in [0, 0.1) is 11.3 Å². The van der Waals surface area contributed by atoms with Gasteiger partial charge in [-0.25, -0.2) is 4.79 Å². The number of rotatable bonds is 5. The van der Waals surface area contributed by atoms with E-state index in [0.29, 0.717) is 0 Å². The highest BCUT2D eigenvalue weighted by atomic mass is 16.4. The largest absolute Gasteiger partial charge is 0.478 e. The van der Waals surface area contributed by atoms with E-state index in [0.717, 1.165) is 6.08 Å². The summed E-state index contributed by atoms with van der Waals surface area (Å²) in [5.74, 6) is -0.981. The molecule has 0 aliphatic carbocycles. The van der Waals surface area contributed by atoms with Gasteiger partial charge in [0, 0.05) is 12.2 Å². The molecule has 1 N–H and O–H groups in total. The van der Waals surface area contributed by atoms with Crippen LogP contribution in [-0.2, 0) is 4.79 Å². The average molecular weight is 285 g/mol. The summed E-state index contributed by atoms with van der Waals surface area (Å²) in [7, 11) is 0. The van der Waals surface area contributed by atoms with Crippen molar-refractivity contribution < 1.29 is 9.90 Å². The van der Waals surface area contributed by atoms with E-state index in [1.54, 1.807) is 6.07 Å². The van der Waals surface area contributed by atoms with Gasteiger partial charge >= 0.3 is 5.97 Å². The van der Waals surface area contributed by atoms with Crippen molar-refractivity contribution >= 4 is 12.0 Å². The fourth-order valence-electron chi connectivity index (χ4n) is 1.11. The van der Waals surface area contributed by atoms with Crippen LogP contribution < -0.4 is 0 Å². The zero-order valence-electron chi connectivity index (χ0n) is 12.5. The van der Waals surface area contributed by atoms with Crippen molar-refractivity contribution in [3.05, 3.63) is 67.3 Å². The summed E-state index contributed by atoms with van der Waals surface area (Å²) in [5.41, 5.74) is 1.30. The fraction of sp³-hybridized carbons (Fsp3) is 0.222. The number of carboxylic acids is 1. The predicted molar refractivity (Wildman–Crippen MR) is 88.6 cm³/mol. The summed E-state index contributed by atoms with van der Waals surface area (Å²) in [6.07, 6.45) is 10.2. The van der Waals surface area contributed by atoms with E-state index in [2.05, 4.69) is 56.5 Å².